The fourth-order valence-corrected chi connectivity index (χ4v) is 2.16. The van der Waals surface area contributed by atoms with Crippen LogP contribution in [-0.4, -0.2) is 47.9 Å². The smallest absolute Gasteiger partial charge is 0.408 e. The summed E-state index contributed by atoms with van der Waals surface area (Å²) in [6, 6.07) is -0.637. The van der Waals surface area contributed by atoms with Gasteiger partial charge in [-0.1, -0.05) is 18.9 Å². The minimum absolute atomic E-state index is 0.167. The normalized spacial score (nSPS) is 12.2. The number of ketones is 1. The van der Waals surface area contributed by atoms with Gasteiger partial charge in [0.2, 0.25) is 5.91 Å². The Labute approximate surface area is 145 Å². The van der Waals surface area contributed by atoms with Gasteiger partial charge in [0.15, 0.2) is 0 Å². The average Bonchev–Trinajstić information content (AvgIpc) is 2.42. The summed E-state index contributed by atoms with van der Waals surface area (Å²) in [6.45, 7) is 10.9. The van der Waals surface area contributed by atoms with Gasteiger partial charge in [-0.15, -0.1) is 6.58 Å². The number of ether oxygens (including phenoxy) is 1. The van der Waals surface area contributed by atoms with Gasteiger partial charge in [-0.25, -0.2) is 4.79 Å². The second kappa shape index (κ2) is 10.8. The maximum absolute atomic E-state index is 12.5. The van der Waals surface area contributed by atoms with Crippen LogP contribution in [0, 0.1) is 0 Å². The molecule has 0 aliphatic carbocycles. The maximum atomic E-state index is 12.5. The second-order valence-electron chi connectivity index (χ2n) is 7.01. The summed E-state index contributed by atoms with van der Waals surface area (Å²) < 4.78 is 5.23. The number of hydrogen-bond acceptors (Lipinski definition) is 4. The van der Waals surface area contributed by atoms with Gasteiger partial charge in [-0.05, 0) is 40.5 Å². The molecular weight excluding hydrogens is 308 g/mol. The summed E-state index contributed by atoms with van der Waals surface area (Å²) in [7, 11) is 1.67. The van der Waals surface area contributed by atoms with E-state index in [1.165, 1.54) is 4.90 Å². The molecule has 6 heteroatoms. The molecule has 138 valence electrons. The summed E-state index contributed by atoms with van der Waals surface area (Å²) in [5.41, 5.74) is -0.619. The van der Waals surface area contributed by atoms with Gasteiger partial charge in [-0.3, -0.25) is 4.79 Å². The third-order valence-electron chi connectivity index (χ3n) is 3.29. The quantitative estimate of drug-likeness (QED) is 0.490. The van der Waals surface area contributed by atoms with E-state index in [2.05, 4.69) is 11.9 Å². The Hall–Kier alpha value is -1.85. The van der Waals surface area contributed by atoms with Gasteiger partial charge in [0.05, 0.1) is 0 Å². The fourth-order valence-electron chi connectivity index (χ4n) is 2.16. The lowest BCUT2D eigenvalue weighted by atomic mass is 10.1. The predicted octanol–water partition coefficient (Wildman–Crippen LogP) is 3.06. The van der Waals surface area contributed by atoms with E-state index in [1.807, 2.05) is 0 Å². The van der Waals surface area contributed by atoms with Crippen molar-refractivity contribution in [2.24, 2.45) is 0 Å². The molecule has 0 aromatic heterocycles. The summed E-state index contributed by atoms with van der Waals surface area (Å²) in [5, 5.41) is 2.66. The molecular formula is C18H32N2O4. The minimum Gasteiger partial charge on any atom is -0.444 e. The molecule has 0 aromatic rings. The van der Waals surface area contributed by atoms with Crippen molar-refractivity contribution in [3.8, 4) is 0 Å². The van der Waals surface area contributed by atoms with E-state index in [0.29, 0.717) is 19.4 Å². The number of alkyl carbamates (subject to hydrolysis) is 1. The van der Waals surface area contributed by atoms with Crippen LogP contribution in [0.4, 0.5) is 4.79 Å². The van der Waals surface area contributed by atoms with Gasteiger partial charge >= 0.3 is 6.09 Å². The highest BCUT2D eigenvalue weighted by Crippen LogP contribution is 2.11. The maximum Gasteiger partial charge on any atom is 0.408 e. The van der Waals surface area contributed by atoms with E-state index in [-0.39, 0.29) is 11.7 Å². The van der Waals surface area contributed by atoms with Crippen LogP contribution < -0.4 is 5.32 Å². The Kier molecular flexibility index (Phi) is 10.0. The molecule has 0 spiro atoms. The Morgan fingerprint density at radius 2 is 1.83 bits per heavy atom. The molecule has 1 N–H and O–H groups in total. The number of rotatable bonds is 10. The number of nitrogens with one attached hydrogen (secondary N) is 1. The van der Waals surface area contributed by atoms with Gasteiger partial charge in [0.1, 0.15) is 17.4 Å². The zero-order valence-corrected chi connectivity index (χ0v) is 15.7. The highest BCUT2D eigenvalue weighted by atomic mass is 16.6. The first-order valence-corrected chi connectivity index (χ1v) is 8.41. The number of Topliss-reactive ketones (excluding diaryl/α,β-unsaturated/α-hetero) is 1. The zero-order chi connectivity index (χ0) is 18.8. The summed E-state index contributed by atoms with van der Waals surface area (Å²) in [6.07, 6.45) is 4.48. The molecule has 0 aromatic carbocycles. The third kappa shape index (κ3) is 10.8. The first-order valence-electron chi connectivity index (χ1n) is 8.41. The number of hydrogen-bond donors (Lipinski definition) is 1. The van der Waals surface area contributed by atoms with E-state index in [1.54, 1.807) is 40.8 Å². The average molecular weight is 340 g/mol. The van der Waals surface area contributed by atoms with E-state index in [4.69, 9.17) is 4.74 Å². The molecule has 2 amide bonds. The van der Waals surface area contributed by atoms with Crippen molar-refractivity contribution in [2.45, 2.75) is 71.4 Å². The number of unbranched alkanes of at least 4 members (excludes halogenated alkanes) is 2. The largest absolute Gasteiger partial charge is 0.444 e. The van der Waals surface area contributed by atoms with E-state index in [9.17, 15) is 14.4 Å². The summed E-state index contributed by atoms with van der Waals surface area (Å²) >= 11 is 0. The lowest BCUT2D eigenvalue weighted by Crippen LogP contribution is -2.48. The van der Waals surface area contributed by atoms with Crippen molar-refractivity contribution in [1.29, 1.82) is 0 Å². The molecule has 0 aliphatic rings. The lowest BCUT2D eigenvalue weighted by molar-refractivity contribution is -0.131. The molecule has 0 aliphatic heterocycles. The monoisotopic (exact) mass is 340 g/mol. The number of amides is 2. The van der Waals surface area contributed by atoms with Crippen LogP contribution in [-0.2, 0) is 14.3 Å². The number of likely N-dealkylation sites (N-methyl/N-ethyl adjacent to an activating group) is 1. The van der Waals surface area contributed by atoms with Gasteiger partial charge < -0.3 is 19.7 Å². The highest BCUT2D eigenvalue weighted by molar-refractivity contribution is 5.85. The van der Waals surface area contributed by atoms with Crippen LogP contribution in [0.5, 0.6) is 0 Å². The van der Waals surface area contributed by atoms with E-state index < -0.39 is 17.7 Å². The standard InChI is InChI=1S/C18H32N2O4/c1-7-13-20(6)16(22)15(12-10-8-9-11-14(2)21)19-17(23)24-18(3,4)5/h7,15H,1,8-13H2,2-6H3,(H,19,23)/t15-/m1/s1. The molecule has 0 heterocycles. The summed E-state index contributed by atoms with van der Waals surface area (Å²) in [5.74, 6) is -0.00690. The first-order chi connectivity index (χ1) is 11.1. The van der Waals surface area contributed by atoms with Crippen LogP contribution >= 0.6 is 0 Å². The van der Waals surface area contributed by atoms with Crippen LogP contribution in [0.15, 0.2) is 12.7 Å². The predicted molar refractivity (Wildman–Crippen MR) is 94.8 cm³/mol. The SMILES string of the molecule is C=CCN(C)C(=O)[C@@H](CCCCCC(C)=O)NC(=O)OC(C)(C)C. The van der Waals surface area contributed by atoms with Crippen LogP contribution in [0.2, 0.25) is 0 Å². The van der Waals surface area contributed by atoms with E-state index in [0.717, 1.165) is 19.3 Å². The molecule has 0 saturated carbocycles. The first kappa shape index (κ1) is 22.1. The van der Waals surface area contributed by atoms with Crippen molar-refractivity contribution in [1.82, 2.24) is 10.2 Å². The number of nitrogens with zero attached hydrogens (tertiary/aromatic N) is 1. The molecule has 6 nitrogen and oxygen atoms in total. The Morgan fingerprint density at radius 1 is 1.21 bits per heavy atom. The Balaban J connectivity index is 4.64. The molecule has 0 bridgehead atoms. The van der Waals surface area contributed by atoms with Crippen molar-refractivity contribution < 1.29 is 19.1 Å². The number of carbonyl (C=O) groups excluding carboxylic acids is 3. The van der Waals surface area contributed by atoms with Crippen molar-refractivity contribution in [3.05, 3.63) is 12.7 Å². The van der Waals surface area contributed by atoms with Crippen LogP contribution in [0.25, 0.3) is 0 Å². The second-order valence-corrected chi connectivity index (χ2v) is 7.01. The molecule has 0 fully saturated rings. The fraction of sp³-hybridized carbons (Fsp3) is 0.722. The Morgan fingerprint density at radius 3 is 2.33 bits per heavy atom. The molecule has 0 radical (unpaired) electrons. The molecule has 0 unspecified atom stereocenters. The lowest BCUT2D eigenvalue weighted by Gasteiger charge is -2.26. The number of carbonyl (C=O) groups is 3. The third-order valence-corrected chi connectivity index (χ3v) is 3.29. The van der Waals surface area contributed by atoms with Crippen molar-refractivity contribution in [3.63, 3.8) is 0 Å². The van der Waals surface area contributed by atoms with Gasteiger partial charge in [0, 0.05) is 20.0 Å². The highest BCUT2D eigenvalue weighted by Gasteiger charge is 2.25. The van der Waals surface area contributed by atoms with Gasteiger partial charge in [0.25, 0.3) is 0 Å². The minimum atomic E-state index is -0.637. The molecule has 0 rings (SSSR count). The van der Waals surface area contributed by atoms with Crippen molar-refractivity contribution >= 4 is 17.8 Å². The Bertz CT molecular complexity index is 441. The summed E-state index contributed by atoms with van der Waals surface area (Å²) in [4.78, 5) is 36.9. The zero-order valence-electron chi connectivity index (χ0n) is 15.7. The van der Waals surface area contributed by atoms with Crippen LogP contribution in [0.3, 0.4) is 0 Å². The van der Waals surface area contributed by atoms with Crippen molar-refractivity contribution in [2.75, 3.05) is 13.6 Å². The molecule has 24 heavy (non-hydrogen) atoms. The van der Waals surface area contributed by atoms with Crippen LogP contribution in [0.1, 0.15) is 59.8 Å². The molecule has 1 atom stereocenters. The topological polar surface area (TPSA) is 75.7 Å². The van der Waals surface area contributed by atoms with E-state index >= 15 is 0 Å². The molecule has 0 saturated heterocycles. The van der Waals surface area contributed by atoms with Gasteiger partial charge in [-0.2, -0.15) is 0 Å².